The Morgan fingerprint density at radius 1 is 1.30 bits per heavy atom. The number of hydrogen-bond donors (Lipinski definition) is 0. The first kappa shape index (κ1) is 17.5. The van der Waals surface area contributed by atoms with Crippen LogP contribution in [0.4, 0.5) is 0 Å². The van der Waals surface area contributed by atoms with Gasteiger partial charge in [0.05, 0.1) is 5.75 Å². The van der Waals surface area contributed by atoms with Crippen molar-refractivity contribution in [2.24, 2.45) is 0 Å². The quantitative estimate of drug-likeness (QED) is 0.419. The minimum Gasteiger partial charge on any atom is -0.302 e. The van der Waals surface area contributed by atoms with Gasteiger partial charge in [-0.3, -0.25) is 4.79 Å². The van der Waals surface area contributed by atoms with Gasteiger partial charge in [-0.2, -0.15) is 0 Å². The highest BCUT2D eigenvalue weighted by molar-refractivity contribution is 7.99. The molecule has 0 fully saturated rings. The second kappa shape index (κ2) is 8.11. The number of aryl methyl sites for hydroxylation is 3. The summed E-state index contributed by atoms with van der Waals surface area (Å²) < 4.78 is 1.97. The predicted octanol–water partition coefficient (Wildman–Crippen LogP) is 3.87. The van der Waals surface area contributed by atoms with Crippen molar-refractivity contribution in [2.75, 3.05) is 5.75 Å². The lowest BCUT2D eigenvalue weighted by Gasteiger charge is -2.09. The Morgan fingerprint density at radius 2 is 2.09 bits per heavy atom. The van der Waals surface area contributed by atoms with Crippen LogP contribution in [-0.4, -0.2) is 26.3 Å². The highest BCUT2D eigenvalue weighted by atomic mass is 32.2. The average molecular weight is 329 g/mol. The van der Waals surface area contributed by atoms with Crippen LogP contribution in [-0.2, 0) is 19.4 Å². The molecule has 4 nitrogen and oxygen atoms in total. The molecular weight excluding hydrogens is 306 g/mol. The van der Waals surface area contributed by atoms with Crippen LogP contribution in [0.3, 0.4) is 0 Å². The molecule has 0 aliphatic heterocycles. The van der Waals surface area contributed by atoms with Gasteiger partial charge in [0, 0.05) is 12.1 Å². The first-order valence-corrected chi connectivity index (χ1v) is 8.87. The van der Waals surface area contributed by atoms with Crippen LogP contribution in [0.2, 0.25) is 0 Å². The molecule has 0 N–H and O–H groups in total. The van der Waals surface area contributed by atoms with Gasteiger partial charge in [0.2, 0.25) is 0 Å². The van der Waals surface area contributed by atoms with Gasteiger partial charge in [0.25, 0.3) is 0 Å². The maximum atomic E-state index is 12.6. The standard InChI is InChI=1S/C18H23N3OS/c1-5-10-21-13(4)19-20-18(21)23-12-17(22)16-11-14(6-2)8-9-15(16)7-3/h5,8-9,11H,1,6-7,10,12H2,2-4H3. The SMILES string of the molecule is C=CCn1c(C)nnc1SCC(=O)c1cc(CC)ccc1CC. The number of benzene rings is 1. The van der Waals surface area contributed by atoms with E-state index in [2.05, 4.69) is 42.8 Å². The van der Waals surface area contributed by atoms with E-state index in [0.717, 1.165) is 34.9 Å². The summed E-state index contributed by atoms with van der Waals surface area (Å²) in [6, 6.07) is 6.20. The Balaban J connectivity index is 2.15. The zero-order chi connectivity index (χ0) is 16.8. The van der Waals surface area contributed by atoms with E-state index in [-0.39, 0.29) is 5.78 Å². The molecule has 5 heteroatoms. The largest absolute Gasteiger partial charge is 0.302 e. The minimum absolute atomic E-state index is 0.146. The molecule has 23 heavy (non-hydrogen) atoms. The first-order valence-electron chi connectivity index (χ1n) is 7.89. The Bertz CT molecular complexity index is 706. The number of rotatable bonds is 8. The topological polar surface area (TPSA) is 47.8 Å². The van der Waals surface area contributed by atoms with Crippen LogP contribution in [0.15, 0.2) is 36.0 Å². The van der Waals surface area contributed by atoms with Crippen molar-refractivity contribution in [1.29, 1.82) is 0 Å². The lowest BCUT2D eigenvalue weighted by molar-refractivity contribution is 0.102. The second-order valence-electron chi connectivity index (χ2n) is 5.34. The van der Waals surface area contributed by atoms with Crippen LogP contribution in [0, 0.1) is 6.92 Å². The third-order valence-electron chi connectivity index (χ3n) is 3.81. The first-order chi connectivity index (χ1) is 11.1. The maximum absolute atomic E-state index is 12.6. The number of carbonyl (C=O) groups is 1. The van der Waals surface area contributed by atoms with E-state index in [4.69, 9.17) is 0 Å². The van der Waals surface area contributed by atoms with Crippen LogP contribution in [0.5, 0.6) is 0 Å². The van der Waals surface area contributed by atoms with Crippen molar-refractivity contribution >= 4 is 17.5 Å². The predicted molar refractivity (Wildman–Crippen MR) is 95.2 cm³/mol. The number of thioether (sulfide) groups is 1. The van der Waals surface area contributed by atoms with Gasteiger partial charge in [0.1, 0.15) is 5.82 Å². The summed E-state index contributed by atoms with van der Waals surface area (Å²) in [5, 5.41) is 9.00. The Morgan fingerprint density at radius 3 is 2.74 bits per heavy atom. The van der Waals surface area contributed by atoms with Gasteiger partial charge in [-0.05, 0) is 37.0 Å². The van der Waals surface area contributed by atoms with Gasteiger partial charge in [0.15, 0.2) is 10.9 Å². The van der Waals surface area contributed by atoms with Crippen molar-refractivity contribution < 1.29 is 4.79 Å². The van der Waals surface area contributed by atoms with Gasteiger partial charge < -0.3 is 4.57 Å². The molecule has 0 amide bonds. The number of hydrogen-bond acceptors (Lipinski definition) is 4. The van der Waals surface area contributed by atoms with Crippen molar-refractivity contribution in [3.63, 3.8) is 0 Å². The van der Waals surface area contributed by atoms with Crippen LogP contribution in [0.1, 0.15) is 41.2 Å². The summed E-state index contributed by atoms with van der Waals surface area (Å²) in [5.41, 5.74) is 3.14. The van der Waals surface area contributed by atoms with E-state index in [1.807, 2.05) is 23.6 Å². The fourth-order valence-corrected chi connectivity index (χ4v) is 3.30. The van der Waals surface area contributed by atoms with Crippen molar-refractivity contribution in [3.8, 4) is 0 Å². The van der Waals surface area contributed by atoms with Crippen LogP contribution in [0.25, 0.3) is 0 Å². The molecule has 0 atom stereocenters. The number of nitrogens with zero attached hydrogens (tertiary/aromatic N) is 3. The van der Waals surface area contributed by atoms with E-state index in [9.17, 15) is 4.79 Å². The van der Waals surface area contributed by atoms with E-state index < -0.39 is 0 Å². The van der Waals surface area contributed by atoms with Gasteiger partial charge in [-0.25, -0.2) is 0 Å². The highest BCUT2D eigenvalue weighted by Gasteiger charge is 2.15. The summed E-state index contributed by atoms with van der Waals surface area (Å²) in [6.45, 7) is 10.5. The van der Waals surface area contributed by atoms with Crippen molar-refractivity contribution in [2.45, 2.75) is 45.3 Å². The van der Waals surface area contributed by atoms with Gasteiger partial charge in [-0.15, -0.1) is 16.8 Å². The summed E-state index contributed by atoms with van der Waals surface area (Å²) >= 11 is 1.44. The Kier molecular flexibility index (Phi) is 6.16. The van der Waals surface area contributed by atoms with E-state index in [1.54, 1.807) is 0 Å². The van der Waals surface area contributed by atoms with Crippen molar-refractivity contribution in [1.82, 2.24) is 14.8 Å². The van der Waals surface area contributed by atoms with E-state index in [0.29, 0.717) is 12.3 Å². The summed E-state index contributed by atoms with van der Waals surface area (Å²) in [7, 11) is 0. The number of carbonyl (C=O) groups excluding carboxylic acids is 1. The fraction of sp³-hybridized carbons (Fsp3) is 0.389. The summed E-state index contributed by atoms with van der Waals surface area (Å²) in [4.78, 5) is 12.6. The smallest absolute Gasteiger partial charge is 0.191 e. The average Bonchev–Trinajstić information content (AvgIpc) is 2.92. The molecule has 0 saturated heterocycles. The van der Waals surface area contributed by atoms with Crippen LogP contribution < -0.4 is 0 Å². The summed E-state index contributed by atoms with van der Waals surface area (Å²) in [6.07, 6.45) is 3.61. The van der Waals surface area contributed by atoms with Gasteiger partial charge in [-0.1, -0.05) is 43.8 Å². The molecule has 0 saturated carbocycles. The third-order valence-corrected chi connectivity index (χ3v) is 4.78. The van der Waals surface area contributed by atoms with Crippen molar-refractivity contribution in [3.05, 3.63) is 53.4 Å². The molecular formula is C18H23N3OS. The summed E-state index contributed by atoms with van der Waals surface area (Å²) in [5.74, 6) is 1.35. The lowest BCUT2D eigenvalue weighted by atomic mass is 9.98. The molecule has 1 aromatic heterocycles. The second-order valence-corrected chi connectivity index (χ2v) is 6.28. The normalized spacial score (nSPS) is 10.7. The zero-order valence-corrected chi connectivity index (χ0v) is 14.8. The van der Waals surface area contributed by atoms with E-state index >= 15 is 0 Å². The highest BCUT2D eigenvalue weighted by Crippen LogP contribution is 2.21. The maximum Gasteiger partial charge on any atom is 0.191 e. The molecule has 1 aromatic carbocycles. The molecule has 2 aromatic rings. The van der Waals surface area contributed by atoms with E-state index in [1.165, 1.54) is 17.3 Å². The number of ketones is 1. The monoisotopic (exact) mass is 329 g/mol. The van der Waals surface area contributed by atoms with Crippen LogP contribution >= 0.6 is 11.8 Å². The fourth-order valence-electron chi connectivity index (χ4n) is 2.43. The molecule has 0 radical (unpaired) electrons. The number of Topliss-reactive ketones (excluding diaryl/α,β-unsaturated/α-hetero) is 1. The Labute approximate surface area is 142 Å². The molecule has 0 spiro atoms. The molecule has 2 rings (SSSR count). The molecule has 0 aliphatic rings. The minimum atomic E-state index is 0.146. The Hall–Kier alpha value is -1.88. The third kappa shape index (κ3) is 4.10. The molecule has 122 valence electrons. The van der Waals surface area contributed by atoms with Gasteiger partial charge >= 0.3 is 0 Å². The number of aromatic nitrogens is 3. The molecule has 0 unspecified atom stereocenters. The lowest BCUT2D eigenvalue weighted by Crippen LogP contribution is -2.08. The molecule has 0 bridgehead atoms. The number of allylic oxidation sites excluding steroid dienone is 1. The molecule has 1 heterocycles. The molecule has 0 aliphatic carbocycles. The zero-order valence-electron chi connectivity index (χ0n) is 14.0.